The van der Waals surface area contributed by atoms with Gasteiger partial charge < -0.3 is 5.11 Å². The Balaban J connectivity index is 2.36. The van der Waals surface area contributed by atoms with Gasteiger partial charge in [0.2, 0.25) is 0 Å². The van der Waals surface area contributed by atoms with Gasteiger partial charge in [0, 0.05) is 0 Å². The molecule has 0 radical (unpaired) electrons. The first-order valence-electron chi connectivity index (χ1n) is 7.31. The van der Waals surface area contributed by atoms with Gasteiger partial charge in [0.05, 0.1) is 5.60 Å². The van der Waals surface area contributed by atoms with Crippen LogP contribution in [0.2, 0.25) is 0 Å². The summed E-state index contributed by atoms with van der Waals surface area (Å²) in [5, 5.41) is 11.2. The molecule has 0 amide bonds. The SMILES string of the molecule is CCCc1cccc(C2(O)CCCCC2(C)C)c1. The van der Waals surface area contributed by atoms with Crippen LogP contribution in [0.15, 0.2) is 24.3 Å². The second kappa shape index (κ2) is 5.05. The van der Waals surface area contributed by atoms with E-state index in [9.17, 15) is 5.11 Å². The second-order valence-corrected chi connectivity index (χ2v) is 6.40. The van der Waals surface area contributed by atoms with Crippen molar-refractivity contribution in [2.75, 3.05) is 0 Å². The summed E-state index contributed by atoms with van der Waals surface area (Å²) in [4.78, 5) is 0. The van der Waals surface area contributed by atoms with Crippen LogP contribution >= 0.6 is 0 Å². The van der Waals surface area contributed by atoms with Gasteiger partial charge in [0.15, 0.2) is 0 Å². The van der Waals surface area contributed by atoms with E-state index in [1.807, 2.05) is 0 Å². The lowest BCUT2D eigenvalue weighted by Crippen LogP contribution is -2.44. The number of aliphatic hydroxyl groups is 1. The van der Waals surface area contributed by atoms with Crippen LogP contribution in [0.1, 0.15) is 64.0 Å². The van der Waals surface area contributed by atoms with Gasteiger partial charge >= 0.3 is 0 Å². The summed E-state index contributed by atoms with van der Waals surface area (Å²) in [5.74, 6) is 0. The molecule has 1 unspecified atom stereocenters. The molecule has 1 N–H and O–H groups in total. The van der Waals surface area contributed by atoms with Crippen LogP contribution in [0.4, 0.5) is 0 Å². The topological polar surface area (TPSA) is 20.2 Å². The van der Waals surface area contributed by atoms with Crippen molar-refractivity contribution in [1.82, 2.24) is 0 Å². The Kier molecular flexibility index (Phi) is 3.82. The maximum absolute atomic E-state index is 11.2. The third kappa shape index (κ3) is 2.33. The van der Waals surface area contributed by atoms with Crippen molar-refractivity contribution in [3.63, 3.8) is 0 Å². The highest BCUT2D eigenvalue weighted by molar-refractivity contribution is 5.30. The Hall–Kier alpha value is -0.820. The second-order valence-electron chi connectivity index (χ2n) is 6.40. The van der Waals surface area contributed by atoms with Gasteiger partial charge in [-0.2, -0.15) is 0 Å². The molecule has 1 nitrogen and oxygen atoms in total. The molecule has 1 fully saturated rings. The van der Waals surface area contributed by atoms with Crippen LogP contribution in [0.25, 0.3) is 0 Å². The molecule has 1 heteroatoms. The molecule has 0 spiro atoms. The van der Waals surface area contributed by atoms with Crippen LogP contribution in [-0.2, 0) is 12.0 Å². The maximum Gasteiger partial charge on any atom is 0.0947 e. The summed E-state index contributed by atoms with van der Waals surface area (Å²) in [6.07, 6.45) is 6.65. The van der Waals surface area contributed by atoms with Gasteiger partial charge in [0.1, 0.15) is 0 Å². The van der Waals surface area contributed by atoms with Crippen molar-refractivity contribution in [3.8, 4) is 0 Å². The predicted molar refractivity (Wildman–Crippen MR) is 76.6 cm³/mol. The molecule has 1 aromatic rings. The standard InChI is InChI=1S/C17H26O/c1-4-8-14-9-7-10-15(13-14)17(18)12-6-5-11-16(17,2)3/h7,9-10,13,18H,4-6,8,11-12H2,1-3H3. The minimum atomic E-state index is -0.644. The first-order valence-corrected chi connectivity index (χ1v) is 7.31. The maximum atomic E-state index is 11.2. The van der Waals surface area contributed by atoms with Crippen LogP contribution in [0.3, 0.4) is 0 Å². The molecule has 0 heterocycles. The number of hydrogen-bond donors (Lipinski definition) is 1. The molecule has 1 atom stereocenters. The van der Waals surface area contributed by atoms with E-state index in [0.29, 0.717) is 0 Å². The quantitative estimate of drug-likeness (QED) is 0.836. The van der Waals surface area contributed by atoms with E-state index in [1.54, 1.807) is 0 Å². The van der Waals surface area contributed by atoms with Crippen molar-refractivity contribution in [2.24, 2.45) is 5.41 Å². The third-order valence-electron chi connectivity index (χ3n) is 4.65. The van der Waals surface area contributed by atoms with E-state index in [0.717, 1.165) is 37.7 Å². The highest BCUT2D eigenvalue weighted by Crippen LogP contribution is 2.50. The summed E-state index contributed by atoms with van der Waals surface area (Å²) < 4.78 is 0. The first-order chi connectivity index (χ1) is 8.49. The number of rotatable bonds is 3. The first kappa shape index (κ1) is 13.6. The van der Waals surface area contributed by atoms with Crippen LogP contribution in [0, 0.1) is 5.41 Å². The fraction of sp³-hybridized carbons (Fsp3) is 0.647. The van der Waals surface area contributed by atoms with E-state index >= 15 is 0 Å². The molecule has 1 aliphatic carbocycles. The predicted octanol–water partition coefficient (Wildman–Crippen LogP) is 4.43. The van der Waals surface area contributed by atoms with Crippen LogP contribution < -0.4 is 0 Å². The van der Waals surface area contributed by atoms with Gasteiger partial charge in [-0.1, -0.05) is 64.3 Å². The fourth-order valence-corrected chi connectivity index (χ4v) is 3.30. The molecule has 0 saturated heterocycles. The molecule has 0 aliphatic heterocycles. The Morgan fingerprint density at radius 1 is 1.17 bits per heavy atom. The number of aryl methyl sites for hydroxylation is 1. The normalized spacial score (nSPS) is 27.1. The van der Waals surface area contributed by atoms with E-state index in [-0.39, 0.29) is 5.41 Å². The van der Waals surface area contributed by atoms with Crippen LogP contribution in [0.5, 0.6) is 0 Å². The lowest BCUT2D eigenvalue weighted by Gasteiger charge is -2.47. The molecule has 1 aromatic carbocycles. The zero-order chi connectivity index (χ0) is 13.2. The Morgan fingerprint density at radius 3 is 2.56 bits per heavy atom. The van der Waals surface area contributed by atoms with Gasteiger partial charge in [-0.05, 0) is 35.8 Å². The lowest BCUT2D eigenvalue weighted by molar-refractivity contribution is -0.103. The number of benzene rings is 1. The molecule has 18 heavy (non-hydrogen) atoms. The highest BCUT2D eigenvalue weighted by Gasteiger charge is 2.46. The van der Waals surface area contributed by atoms with E-state index in [4.69, 9.17) is 0 Å². The van der Waals surface area contributed by atoms with Crippen molar-refractivity contribution in [2.45, 2.75) is 64.9 Å². The lowest BCUT2D eigenvalue weighted by atomic mass is 9.62. The zero-order valence-electron chi connectivity index (χ0n) is 12.0. The summed E-state index contributed by atoms with van der Waals surface area (Å²) in [7, 11) is 0. The fourth-order valence-electron chi connectivity index (χ4n) is 3.30. The van der Waals surface area contributed by atoms with Gasteiger partial charge in [-0.25, -0.2) is 0 Å². The average Bonchev–Trinajstić information content (AvgIpc) is 2.34. The molecule has 0 aromatic heterocycles. The Labute approximate surface area is 111 Å². The van der Waals surface area contributed by atoms with E-state index in [1.165, 1.54) is 12.0 Å². The molecule has 1 aliphatic rings. The minimum absolute atomic E-state index is 0.0178. The zero-order valence-corrected chi connectivity index (χ0v) is 12.0. The summed E-state index contributed by atoms with van der Waals surface area (Å²) >= 11 is 0. The van der Waals surface area contributed by atoms with Crippen LogP contribution in [-0.4, -0.2) is 5.11 Å². The molecular formula is C17H26O. The molecule has 0 bridgehead atoms. The molecule has 100 valence electrons. The largest absolute Gasteiger partial charge is 0.385 e. The monoisotopic (exact) mass is 246 g/mol. The molecule has 1 saturated carbocycles. The van der Waals surface area contributed by atoms with Gasteiger partial charge in [-0.15, -0.1) is 0 Å². The highest BCUT2D eigenvalue weighted by atomic mass is 16.3. The third-order valence-corrected chi connectivity index (χ3v) is 4.65. The molecule has 2 rings (SSSR count). The number of hydrogen-bond acceptors (Lipinski definition) is 1. The van der Waals surface area contributed by atoms with Gasteiger partial charge in [0.25, 0.3) is 0 Å². The van der Waals surface area contributed by atoms with Crippen molar-refractivity contribution >= 4 is 0 Å². The van der Waals surface area contributed by atoms with Crippen molar-refractivity contribution in [3.05, 3.63) is 35.4 Å². The molecular weight excluding hydrogens is 220 g/mol. The Morgan fingerprint density at radius 2 is 1.89 bits per heavy atom. The summed E-state index contributed by atoms with van der Waals surface area (Å²) in [6.45, 7) is 6.61. The van der Waals surface area contributed by atoms with Gasteiger partial charge in [-0.3, -0.25) is 0 Å². The van der Waals surface area contributed by atoms with E-state index < -0.39 is 5.60 Å². The summed E-state index contributed by atoms with van der Waals surface area (Å²) in [5.41, 5.74) is 1.81. The van der Waals surface area contributed by atoms with E-state index in [2.05, 4.69) is 45.0 Å². The average molecular weight is 246 g/mol. The Bertz CT molecular complexity index is 408. The smallest absolute Gasteiger partial charge is 0.0947 e. The van der Waals surface area contributed by atoms with Crippen molar-refractivity contribution < 1.29 is 5.11 Å². The minimum Gasteiger partial charge on any atom is -0.385 e. The van der Waals surface area contributed by atoms with Crippen molar-refractivity contribution in [1.29, 1.82) is 0 Å². The summed E-state index contributed by atoms with van der Waals surface area (Å²) in [6, 6.07) is 8.60.